The van der Waals surface area contributed by atoms with E-state index in [0.717, 1.165) is 22.3 Å². The smallest absolute Gasteiger partial charge is 0.261 e. The molecule has 4 aromatic rings. The van der Waals surface area contributed by atoms with Gasteiger partial charge in [0, 0.05) is 0 Å². The van der Waals surface area contributed by atoms with Gasteiger partial charge in [-0.3, -0.25) is 4.55 Å². The second kappa shape index (κ2) is 11.4. The summed E-state index contributed by atoms with van der Waals surface area (Å²) in [7, 11) is -3.67. The van der Waals surface area contributed by atoms with Gasteiger partial charge in [0.15, 0.2) is 0 Å². The van der Waals surface area contributed by atoms with Crippen molar-refractivity contribution < 1.29 is 17.7 Å². The summed E-state index contributed by atoms with van der Waals surface area (Å²) in [5, 5.41) is 0. The highest BCUT2D eigenvalue weighted by atomic mass is 32.2. The zero-order valence-corrected chi connectivity index (χ0v) is 18.6. The zero-order chi connectivity index (χ0) is 22.8. The van der Waals surface area contributed by atoms with E-state index in [-0.39, 0.29) is 12.2 Å². The van der Waals surface area contributed by atoms with Crippen LogP contribution in [0.5, 0.6) is 0 Å². The van der Waals surface area contributed by atoms with E-state index >= 15 is 0 Å². The molecular formula is C27H26O4S. The van der Waals surface area contributed by atoms with Crippen LogP contribution in [0.25, 0.3) is 0 Å². The van der Waals surface area contributed by atoms with Crippen molar-refractivity contribution in [2.75, 3.05) is 6.26 Å². The molecule has 0 aromatic heterocycles. The van der Waals surface area contributed by atoms with Gasteiger partial charge in [-0.05, 0) is 22.3 Å². The van der Waals surface area contributed by atoms with Gasteiger partial charge in [0.2, 0.25) is 0 Å². The van der Waals surface area contributed by atoms with Crippen molar-refractivity contribution in [2.24, 2.45) is 0 Å². The summed E-state index contributed by atoms with van der Waals surface area (Å²) in [6.45, 7) is 0. The predicted molar refractivity (Wildman–Crippen MR) is 128 cm³/mol. The Hall–Kier alpha value is -3.25. The summed E-state index contributed by atoms with van der Waals surface area (Å²) in [5.41, 5.74) is 4.61. The minimum Gasteiger partial charge on any atom is -0.356 e. The lowest BCUT2D eigenvalue weighted by Gasteiger charge is -2.26. The highest BCUT2D eigenvalue weighted by Crippen LogP contribution is 2.35. The van der Waals surface area contributed by atoms with Gasteiger partial charge in [-0.15, -0.1) is 0 Å². The van der Waals surface area contributed by atoms with Crippen molar-refractivity contribution in [2.45, 2.75) is 12.2 Å². The summed E-state index contributed by atoms with van der Waals surface area (Å²) >= 11 is 0. The molecule has 4 aromatic carbocycles. The maximum atomic E-state index is 9.19. The molecule has 0 saturated carbocycles. The summed E-state index contributed by atoms with van der Waals surface area (Å²) in [6.07, 6.45) is 0.433. The minimum atomic E-state index is -3.67. The number of benzene rings is 4. The van der Waals surface area contributed by atoms with Crippen molar-refractivity contribution in [1.82, 2.24) is 0 Å². The lowest BCUT2D eigenvalue weighted by atomic mass is 9.98. The molecule has 0 atom stereocenters. The van der Waals surface area contributed by atoms with Crippen molar-refractivity contribution in [3.8, 4) is 0 Å². The maximum absolute atomic E-state index is 9.19. The van der Waals surface area contributed by atoms with Crippen molar-refractivity contribution >= 4 is 10.1 Å². The van der Waals surface area contributed by atoms with Crippen molar-refractivity contribution in [3.63, 3.8) is 0 Å². The molecule has 5 heteroatoms. The van der Waals surface area contributed by atoms with Crippen LogP contribution in [0.2, 0.25) is 0 Å². The maximum Gasteiger partial charge on any atom is 0.261 e. The van der Waals surface area contributed by atoms with Crippen molar-refractivity contribution in [1.29, 1.82) is 0 Å². The summed E-state index contributed by atoms with van der Waals surface area (Å²) < 4.78 is 32.7. The van der Waals surface area contributed by atoms with Crippen LogP contribution < -0.4 is 0 Å². The van der Waals surface area contributed by atoms with Gasteiger partial charge in [-0.25, -0.2) is 0 Å². The van der Waals surface area contributed by atoms with Crippen LogP contribution in [-0.4, -0.2) is 19.2 Å². The van der Waals surface area contributed by atoms with Gasteiger partial charge in [0.05, 0.1) is 6.26 Å². The fourth-order valence-electron chi connectivity index (χ4n) is 3.35. The first-order chi connectivity index (χ1) is 15.4. The van der Waals surface area contributed by atoms with Gasteiger partial charge < -0.3 is 4.74 Å². The standard InChI is InChI=1S/C26H22O.CH4O3S/c1-5-13-21(14-6-1)25(22-15-7-2-8-16-22)27-26(23-17-9-3-10-18-23)24-19-11-4-12-20-24;1-5(2,3)4/h1-20,25-26H;1H3,(H,2,3,4). The molecule has 0 bridgehead atoms. The van der Waals surface area contributed by atoms with E-state index in [1.165, 1.54) is 0 Å². The minimum absolute atomic E-state index is 0.141. The van der Waals surface area contributed by atoms with E-state index < -0.39 is 10.1 Å². The monoisotopic (exact) mass is 446 g/mol. The van der Waals surface area contributed by atoms with E-state index in [1.54, 1.807) is 0 Å². The van der Waals surface area contributed by atoms with Crippen LogP contribution >= 0.6 is 0 Å². The average Bonchev–Trinajstić information content (AvgIpc) is 2.81. The van der Waals surface area contributed by atoms with Gasteiger partial charge in [-0.2, -0.15) is 8.42 Å². The SMILES string of the molecule is CS(=O)(=O)O.c1ccc(C(OC(c2ccccc2)c2ccccc2)c2ccccc2)cc1. The van der Waals surface area contributed by atoms with E-state index in [2.05, 4.69) is 97.1 Å². The lowest BCUT2D eigenvalue weighted by molar-refractivity contribution is 0.0308. The Morgan fingerprint density at radius 1 is 0.531 bits per heavy atom. The van der Waals surface area contributed by atoms with Crippen LogP contribution in [0.3, 0.4) is 0 Å². The molecule has 0 fully saturated rings. The highest BCUT2D eigenvalue weighted by molar-refractivity contribution is 7.85. The van der Waals surface area contributed by atoms with Crippen LogP contribution in [0.1, 0.15) is 34.5 Å². The number of hydrogen-bond donors (Lipinski definition) is 1. The zero-order valence-electron chi connectivity index (χ0n) is 17.8. The van der Waals surface area contributed by atoms with E-state index in [9.17, 15) is 8.42 Å². The first-order valence-electron chi connectivity index (χ1n) is 10.2. The van der Waals surface area contributed by atoms with E-state index in [0.29, 0.717) is 6.26 Å². The topological polar surface area (TPSA) is 63.6 Å². The summed E-state index contributed by atoms with van der Waals surface area (Å²) in [4.78, 5) is 0. The van der Waals surface area contributed by atoms with Crippen LogP contribution in [0.15, 0.2) is 121 Å². The third-order valence-electron chi connectivity index (χ3n) is 4.68. The molecular weight excluding hydrogens is 420 g/mol. The Kier molecular flexibility index (Phi) is 8.34. The van der Waals surface area contributed by atoms with Gasteiger partial charge in [0.25, 0.3) is 10.1 Å². The molecule has 0 unspecified atom stereocenters. The van der Waals surface area contributed by atoms with E-state index in [4.69, 9.17) is 9.29 Å². The number of rotatable bonds is 6. The molecule has 0 aliphatic heterocycles. The largest absolute Gasteiger partial charge is 0.356 e. The first kappa shape index (κ1) is 23.4. The van der Waals surface area contributed by atoms with E-state index in [1.807, 2.05) is 24.3 Å². The molecule has 0 radical (unpaired) electrons. The second-order valence-electron chi connectivity index (χ2n) is 7.27. The average molecular weight is 447 g/mol. The second-order valence-corrected chi connectivity index (χ2v) is 8.74. The molecule has 32 heavy (non-hydrogen) atoms. The fourth-order valence-corrected chi connectivity index (χ4v) is 3.35. The molecule has 164 valence electrons. The lowest BCUT2D eigenvalue weighted by Crippen LogP contribution is -2.13. The van der Waals surface area contributed by atoms with Gasteiger partial charge >= 0.3 is 0 Å². The molecule has 0 heterocycles. The van der Waals surface area contributed by atoms with Gasteiger partial charge in [0.1, 0.15) is 12.2 Å². The molecule has 1 N–H and O–H groups in total. The Morgan fingerprint density at radius 3 is 0.906 bits per heavy atom. The van der Waals surface area contributed by atoms with Crippen LogP contribution in [0.4, 0.5) is 0 Å². The Morgan fingerprint density at radius 2 is 0.719 bits per heavy atom. The quantitative estimate of drug-likeness (QED) is 0.364. The Bertz CT molecular complexity index is 996. The first-order valence-corrected chi connectivity index (χ1v) is 12.0. The third kappa shape index (κ3) is 7.46. The molecule has 0 saturated heterocycles. The van der Waals surface area contributed by atoms with Crippen LogP contribution in [-0.2, 0) is 14.9 Å². The number of hydrogen-bond acceptors (Lipinski definition) is 3. The Labute approximate surface area is 189 Å². The highest BCUT2D eigenvalue weighted by Gasteiger charge is 2.22. The molecule has 0 aliphatic rings. The Balaban J connectivity index is 0.000000523. The van der Waals surface area contributed by atoms with Crippen molar-refractivity contribution in [3.05, 3.63) is 144 Å². The normalized spacial score (nSPS) is 11.1. The molecule has 0 amide bonds. The number of ether oxygens (including phenoxy) is 1. The molecule has 4 nitrogen and oxygen atoms in total. The van der Waals surface area contributed by atoms with Crippen LogP contribution in [0, 0.1) is 0 Å². The third-order valence-corrected chi connectivity index (χ3v) is 4.68. The van der Waals surface area contributed by atoms with Gasteiger partial charge in [-0.1, -0.05) is 121 Å². The summed E-state index contributed by atoms with van der Waals surface area (Å²) in [6, 6.07) is 41.7. The summed E-state index contributed by atoms with van der Waals surface area (Å²) in [5.74, 6) is 0. The fraction of sp³-hybridized carbons (Fsp3) is 0.111. The predicted octanol–water partition coefficient (Wildman–Crippen LogP) is 6.09. The molecule has 0 aliphatic carbocycles. The molecule has 0 spiro atoms. The molecule has 4 rings (SSSR count).